The Balaban J connectivity index is 1.24. The van der Waals surface area contributed by atoms with Crippen LogP contribution in [0.5, 0.6) is 0 Å². The van der Waals surface area contributed by atoms with Gasteiger partial charge in [0.25, 0.3) is 5.91 Å². The molecular formula is C31H40FN7O4S. The highest BCUT2D eigenvalue weighted by Gasteiger charge is 2.41. The molecule has 4 rings (SSSR count). The van der Waals surface area contributed by atoms with E-state index in [1.54, 1.807) is 30.6 Å². The number of ketones is 1. The van der Waals surface area contributed by atoms with Crippen molar-refractivity contribution in [3.05, 3.63) is 53.0 Å². The zero-order valence-corrected chi connectivity index (χ0v) is 26.3. The predicted molar refractivity (Wildman–Crippen MR) is 165 cm³/mol. The van der Waals surface area contributed by atoms with E-state index in [-0.39, 0.29) is 41.8 Å². The van der Waals surface area contributed by atoms with Crippen LogP contribution in [0.4, 0.5) is 10.2 Å². The SMILES string of the molecule is CC(C)[C@H](N)C(=O)C[C@H](C(=O)OCC(=O)NCc1cnc(-c2ccc(NCC3(c4ncccc4F)CCC3)nn2)s1)C(C)C. The van der Waals surface area contributed by atoms with Gasteiger partial charge in [0.05, 0.1) is 24.2 Å². The van der Waals surface area contributed by atoms with Gasteiger partial charge >= 0.3 is 5.97 Å². The molecule has 0 aliphatic heterocycles. The first-order valence-electron chi connectivity index (χ1n) is 14.8. The summed E-state index contributed by atoms with van der Waals surface area (Å²) in [6.45, 7) is 7.61. The number of hydrogen-bond donors (Lipinski definition) is 3. The molecule has 0 spiro atoms. The number of aromatic nitrogens is 4. The highest BCUT2D eigenvalue weighted by Crippen LogP contribution is 2.43. The average Bonchev–Trinajstić information content (AvgIpc) is 3.46. The first-order valence-corrected chi connectivity index (χ1v) is 15.7. The number of anilines is 1. The van der Waals surface area contributed by atoms with Crippen molar-refractivity contribution in [1.82, 2.24) is 25.5 Å². The van der Waals surface area contributed by atoms with Gasteiger partial charge in [0.15, 0.2) is 12.4 Å². The van der Waals surface area contributed by atoms with E-state index >= 15 is 0 Å². The second-order valence-corrected chi connectivity index (χ2v) is 13.0. The van der Waals surface area contributed by atoms with Crippen molar-refractivity contribution in [1.29, 1.82) is 0 Å². The number of nitrogens with one attached hydrogen (secondary N) is 2. The van der Waals surface area contributed by atoms with Crippen LogP contribution < -0.4 is 16.4 Å². The summed E-state index contributed by atoms with van der Waals surface area (Å²) < 4.78 is 19.6. The number of nitrogens with two attached hydrogens (primary N) is 1. The van der Waals surface area contributed by atoms with Gasteiger partial charge in [-0.3, -0.25) is 19.4 Å². The van der Waals surface area contributed by atoms with Crippen LogP contribution in [0.15, 0.2) is 36.7 Å². The Labute approximate surface area is 260 Å². The molecule has 1 aliphatic rings. The zero-order valence-electron chi connectivity index (χ0n) is 25.5. The molecule has 1 fully saturated rings. The number of thiazole rings is 1. The van der Waals surface area contributed by atoms with Gasteiger partial charge in [0, 0.05) is 35.7 Å². The van der Waals surface area contributed by atoms with Crippen LogP contribution >= 0.6 is 11.3 Å². The molecule has 11 nitrogen and oxygen atoms in total. The van der Waals surface area contributed by atoms with Crippen molar-refractivity contribution < 1.29 is 23.5 Å². The number of amides is 1. The fourth-order valence-corrected chi connectivity index (χ4v) is 5.80. The van der Waals surface area contributed by atoms with Crippen molar-refractivity contribution in [2.45, 2.75) is 71.4 Å². The summed E-state index contributed by atoms with van der Waals surface area (Å²) in [5, 5.41) is 15.2. The molecule has 44 heavy (non-hydrogen) atoms. The molecule has 0 unspecified atom stereocenters. The molecule has 1 saturated carbocycles. The minimum absolute atomic E-state index is 0.0209. The Hall–Kier alpha value is -3.84. The molecular weight excluding hydrogens is 585 g/mol. The Bertz CT molecular complexity index is 1440. The topological polar surface area (TPSA) is 162 Å². The van der Waals surface area contributed by atoms with Crippen molar-refractivity contribution in [2.24, 2.45) is 23.5 Å². The Kier molecular flexibility index (Phi) is 11.1. The van der Waals surface area contributed by atoms with Crippen LogP contribution in [0.2, 0.25) is 0 Å². The van der Waals surface area contributed by atoms with Gasteiger partial charge in [-0.1, -0.05) is 34.1 Å². The second kappa shape index (κ2) is 14.8. The number of carbonyl (C=O) groups excluding carboxylic acids is 3. The van der Waals surface area contributed by atoms with E-state index in [1.807, 2.05) is 27.7 Å². The van der Waals surface area contributed by atoms with Gasteiger partial charge < -0.3 is 21.1 Å². The van der Waals surface area contributed by atoms with E-state index in [0.717, 1.165) is 24.1 Å². The van der Waals surface area contributed by atoms with Crippen molar-refractivity contribution >= 4 is 34.8 Å². The number of esters is 1. The second-order valence-electron chi connectivity index (χ2n) is 11.9. The maximum absolute atomic E-state index is 14.4. The van der Waals surface area contributed by atoms with Crippen molar-refractivity contribution in [3.8, 4) is 10.7 Å². The zero-order chi connectivity index (χ0) is 31.9. The number of Topliss-reactive ketones (excluding diaryl/α,β-unsaturated/α-hetero) is 1. The van der Waals surface area contributed by atoms with E-state index < -0.39 is 30.4 Å². The first kappa shape index (κ1) is 33.1. The predicted octanol–water partition coefficient (Wildman–Crippen LogP) is 4.04. The molecule has 0 aromatic carbocycles. The highest BCUT2D eigenvalue weighted by atomic mass is 32.1. The number of halogens is 1. The standard InChI is InChI=1S/C31H40FN7O4S/c1-18(2)21(13-24(40)27(33)19(3)4)30(42)43-16-26(41)35-14-20-15-36-29(44-20)23-8-9-25(39-38-23)37-17-31(10-6-11-31)28-22(32)7-5-12-34-28/h5,7-9,12,15,18-19,21,27H,6,10-11,13-14,16-17,33H2,1-4H3,(H,35,41)(H,37,39)/t21-,27-/m0/s1. The third-order valence-corrected chi connectivity index (χ3v) is 9.06. The quantitative estimate of drug-likeness (QED) is 0.210. The van der Waals surface area contributed by atoms with Gasteiger partial charge in [-0.2, -0.15) is 0 Å². The minimum Gasteiger partial charge on any atom is -0.455 e. The van der Waals surface area contributed by atoms with E-state index in [2.05, 4.69) is 30.8 Å². The number of hydrogen-bond acceptors (Lipinski definition) is 11. The number of ether oxygens (including phenoxy) is 1. The lowest BCUT2D eigenvalue weighted by Gasteiger charge is -2.41. The lowest BCUT2D eigenvalue weighted by molar-refractivity contribution is -0.155. The minimum atomic E-state index is -0.671. The summed E-state index contributed by atoms with van der Waals surface area (Å²) in [7, 11) is 0. The van der Waals surface area contributed by atoms with E-state index in [9.17, 15) is 18.8 Å². The van der Waals surface area contributed by atoms with Crippen LogP contribution in [0.1, 0.15) is 63.9 Å². The molecule has 236 valence electrons. The van der Waals surface area contributed by atoms with Crippen LogP contribution in [0.25, 0.3) is 10.7 Å². The largest absolute Gasteiger partial charge is 0.455 e. The maximum Gasteiger partial charge on any atom is 0.310 e. The van der Waals surface area contributed by atoms with Gasteiger partial charge in [0.1, 0.15) is 22.3 Å². The van der Waals surface area contributed by atoms with Crippen LogP contribution in [0, 0.1) is 23.6 Å². The van der Waals surface area contributed by atoms with Crippen LogP contribution in [-0.4, -0.2) is 57.0 Å². The van der Waals surface area contributed by atoms with Crippen LogP contribution in [0.3, 0.4) is 0 Å². The summed E-state index contributed by atoms with van der Waals surface area (Å²) in [6, 6.07) is 5.99. The molecule has 0 saturated heterocycles. The van der Waals surface area contributed by atoms with E-state index in [1.165, 1.54) is 17.4 Å². The number of rotatable bonds is 15. The molecule has 0 radical (unpaired) electrons. The third-order valence-electron chi connectivity index (χ3n) is 8.04. The lowest BCUT2D eigenvalue weighted by Crippen LogP contribution is -2.42. The summed E-state index contributed by atoms with van der Waals surface area (Å²) in [5.74, 6) is -1.83. The third kappa shape index (κ3) is 8.20. The average molecular weight is 626 g/mol. The lowest BCUT2D eigenvalue weighted by atomic mass is 9.66. The molecule has 0 bridgehead atoms. The first-order chi connectivity index (χ1) is 21.0. The molecule has 3 aromatic rings. The maximum atomic E-state index is 14.4. The molecule has 1 aliphatic carbocycles. The van der Waals surface area contributed by atoms with E-state index in [4.69, 9.17) is 10.5 Å². The fourth-order valence-electron chi connectivity index (χ4n) is 4.98. The van der Waals surface area contributed by atoms with Crippen molar-refractivity contribution in [2.75, 3.05) is 18.5 Å². The van der Waals surface area contributed by atoms with Crippen molar-refractivity contribution in [3.63, 3.8) is 0 Å². The molecule has 4 N–H and O–H groups in total. The normalized spacial score (nSPS) is 15.4. The summed E-state index contributed by atoms with van der Waals surface area (Å²) in [5.41, 5.74) is 6.65. The smallest absolute Gasteiger partial charge is 0.310 e. The summed E-state index contributed by atoms with van der Waals surface area (Å²) >= 11 is 1.35. The molecule has 13 heteroatoms. The van der Waals surface area contributed by atoms with Gasteiger partial charge in [0.2, 0.25) is 0 Å². The van der Waals surface area contributed by atoms with Gasteiger partial charge in [-0.25, -0.2) is 9.37 Å². The Morgan fingerprint density at radius 3 is 2.48 bits per heavy atom. The fraction of sp³-hybridized carbons (Fsp3) is 0.516. The monoisotopic (exact) mass is 625 g/mol. The molecule has 3 aromatic heterocycles. The van der Waals surface area contributed by atoms with E-state index in [0.29, 0.717) is 28.8 Å². The molecule has 2 atom stereocenters. The summed E-state index contributed by atoms with van der Waals surface area (Å²) in [6.07, 6.45) is 5.97. The summed E-state index contributed by atoms with van der Waals surface area (Å²) in [4.78, 5) is 46.9. The molecule has 1 amide bonds. The number of carbonyl (C=O) groups is 3. The highest BCUT2D eigenvalue weighted by molar-refractivity contribution is 7.15. The molecule has 3 heterocycles. The van der Waals surface area contributed by atoms with Gasteiger partial charge in [-0.05, 0) is 48.9 Å². The Morgan fingerprint density at radius 1 is 1.09 bits per heavy atom. The number of pyridine rings is 1. The van der Waals surface area contributed by atoms with Gasteiger partial charge in [-0.15, -0.1) is 21.5 Å². The number of nitrogens with zero attached hydrogens (tertiary/aromatic N) is 4. The Morgan fingerprint density at radius 2 is 1.86 bits per heavy atom. The van der Waals surface area contributed by atoms with Crippen LogP contribution in [-0.2, 0) is 31.1 Å².